The third kappa shape index (κ3) is 4.53. The molecule has 0 spiro atoms. The molecule has 3 aromatic rings. The van der Waals surface area contributed by atoms with Crippen molar-refractivity contribution in [3.05, 3.63) is 58.6 Å². The lowest BCUT2D eigenvalue weighted by molar-refractivity contribution is -0.132. The van der Waals surface area contributed by atoms with E-state index in [-0.39, 0.29) is 5.91 Å². The Kier molecular flexibility index (Phi) is 6.16. The SMILES string of the molecule is Cn1c(=O)oc2ccc(-c3ccccc3C[C@@H](C#N)NC(=O)[C@@H]3CNCCCO3)cc21. The molecule has 0 aliphatic carbocycles. The highest BCUT2D eigenvalue weighted by atomic mass is 16.5. The second-order valence-corrected chi connectivity index (χ2v) is 7.58. The molecule has 0 unspecified atom stereocenters. The Morgan fingerprint density at radius 3 is 3.03 bits per heavy atom. The van der Waals surface area contributed by atoms with Crippen molar-refractivity contribution < 1.29 is 13.9 Å². The number of rotatable bonds is 5. The Hall–Kier alpha value is -3.41. The van der Waals surface area contributed by atoms with Gasteiger partial charge in [-0.3, -0.25) is 9.36 Å². The van der Waals surface area contributed by atoms with Crippen LogP contribution < -0.4 is 16.4 Å². The quantitative estimate of drug-likeness (QED) is 0.651. The molecule has 2 atom stereocenters. The molecule has 1 aromatic heterocycles. The highest BCUT2D eigenvalue weighted by molar-refractivity contribution is 5.83. The lowest BCUT2D eigenvalue weighted by Crippen LogP contribution is -2.46. The predicted molar refractivity (Wildman–Crippen MR) is 115 cm³/mol. The summed E-state index contributed by atoms with van der Waals surface area (Å²) >= 11 is 0. The highest BCUT2D eigenvalue weighted by Gasteiger charge is 2.24. The highest BCUT2D eigenvalue weighted by Crippen LogP contribution is 2.27. The summed E-state index contributed by atoms with van der Waals surface area (Å²) < 4.78 is 12.3. The van der Waals surface area contributed by atoms with Gasteiger partial charge in [-0.25, -0.2) is 4.79 Å². The summed E-state index contributed by atoms with van der Waals surface area (Å²) in [6, 6.07) is 14.8. The standard InChI is InChI=1S/C23H24N4O4/c1-27-19-12-16(7-8-20(19)31-23(27)29)18-6-3-2-5-15(18)11-17(13-24)26-22(28)21-14-25-9-4-10-30-21/h2-3,5-8,12,17,21,25H,4,9-11,14H2,1H3,(H,26,28)/t17-,21-/m0/s1. The van der Waals surface area contributed by atoms with Crippen LogP contribution in [0.4, 0.5) is 0 Å². The van der Waals surface area contributed by atoms with Gasteiger partial charge in [-0.1, -0.05) is 30.3 Å². The van der Waals surface area contributed by atoms with E-state index in [1.54, 1.807) is 13.1 Å². The number of carbonyl (C=O) groups is 1. The summed E-state index contributed by atoms with van der Waals surface area (Å²) in [5.74, 6) is -0.698. The van der Waals surface area contributed by atoms with Crippen molar-refractivity contribution in [3.8, 4) is 17.2 Å². The molecule has 8 heteroatoms. The van der Waals surface area contributed by atoms with Gasteiger partial charge in [0.05, 0.1) is 11.6 Å². The van der Waals surface area contributed by atoms with Gasteiger partial charge in [-0.05, 0) is 41.8 Å². The number of hydrogen-bond donors (Lipinski definition) is 2. The van der Waals surface area contributed by atoms with Crippen LogP contribution in [0.2, 0.25) is 0 Å². The van der Waals surface area contributed by atoms with Crippen LogP contribution in [-0.2, 0) is 23.0 Å². The topological polar surface area (TPSA) is 109 Å². The molecule has 31 heavy (non-hydrogen) atoms. The van der Waals surface area contributed by atoms with Crippen molar-refractivity contribution >= 4 is 17.0 Å². The first-order valence-electron chi connectivity index (χ1n) is 10.3. The molecule has 1 fully saturated rings. The normalized spacial score (nSPS) is 17.6. The first-order chi connectivity index (χ1) is 15.1. The molecule has 2 heterocycles. The van der Waals surface area contributed by atoms with Crippen molar-refractivity contribution in [1.29, 1.82) is 5.26 Å². The Morgan fingerprint density at radius 1 is 1.35 bits per heavy atom. The first-order valence-corrected chi connectivity index (χ1v) is 10.3. The van der Waals surface area contributed by atoms with Crippen LogP contribution in [0.1, 0.15) is 12.0 Å². The van der Waals surface area contributed by atoms with Gasteiger partial charge in [0.2, 0.25) is 0 Å². The van der Waals surface area contributed by atoms with E-state index >= 15 is 0 Å². The van der Waals surface area contributed by atoms with Gasteiger partial charge in [0.1, 0.15) is 12.1 Å². The summed E-state index contributed by atoms with van der Waals surface area (Å²) in [5, 5.41) is 15.6. The van der Waals surface area contributed by atoms with E-state index in [9.17, 15) is 14.9 Å². The van der Waals surface area contributed by atoms with Crippen molar-refractivity contribution in [1.82, 2.24) is 15.2 Å². The Balaban J connectivity index is 1.56. The minimum absolute atomic E-state index is 0.284. The maximum atomic E-state index is 12.6. The zero-order chi connectivity index (χ0) is 21.8. The predicted octanol–water partition coefficient (Wildman–Crippen LogP) is 1.73. The van der Waals surface area contributed by atoms with Gasteiger partial charge in [-0.15, -0.1) is 0 Å². The molecule has 0 radical (unpaired) electrons. The summed E-state index contributed by atoms with van der Waals surface area (Å²) in [6.07, 6.45) is 0.602. The summed E-state index contributed by atoms with van der Waals surface area (Å²) in [4.78, 5) is 24.4. The first kappa shape index (κ1) is 20.8. The summed E-state index contributed by atoms with van der Waals surface area (Å²) in [7, 11) is 1.66. The van der Waals surface area contributed by atoms with Gasteiger partial charge in [0, 0.05) is 26.6 Å². The van der Waals surface area contributed by atoms with Crippen LogP contribution in [0.5, 0.6) is 0 Å². The smallest absolute Gasteiger partial charge is 0.408 e. The number of oxazole rings is 1. The second-order valence-electron chi connectivity index (χ2n) is 7.58. The molecule has 0 bridgehead atoms. The van der Waals surface area contributed by atoms with Crippen LogP contribution in [-0.4, -0.2) is 42.3 Å². The molecule has 1 aliphatic rings. The molecule has 2 aromatic carbocycles. The number of nitrogens with one attached hydrogen (secondary N) is 2. The molecule has 1 amide bonds. The van der Waals surface area contributed by atoms with E-state index in [4.69, 9.17) is 9.15 Å². The second kappa shape index (κ2) is 9.16. The third-order valence-corrected chi connectivity index (χ3v) is 5.46. The van der Waals surface area contributed by atoms with Gasteiger partial charge in [0.25, 0.3) is 5.91 Å². The Labute approximate surface area is 179 Å². The zero-order valence-electron chi connectivity index (χ0n) is 17.3. The third-order valence-electron chi connectivity index (χ3n) is 5.46. The maximum absolute atomic E-state index is 12.6. The molecule has 4 rings (SSSR count). The molecule has 1 aliphatic heterocycles. The molecular formula is C23H24N4O4. The van der Waals surface area contributed by atoms with Crippen LogP contribution in [0, 0.1) is 11.3 Å². The molecule has 8 nitrogen and oxygen atoms in total. The van der Waals surface area contributed by atoms with E-state index in [0.29, 0.717) is 30.7 Å². The summed E-state index contributed by atoms with van der Waals surface area (Å²) in [6.45, 7) is 1.76. The number of aromatic nitrogens is 1. The summed E-state index contributed by atoms with van der Waals surface area (Å²) in [5.41, 5.74) is 3.97. The fourth-order valence-electron chi connectivity index (χ4n) is 3.77. The van der Waals surface area contributed by atoms with E-state index in [0.717, 1.165) is 29.7 Å². The Bertz CT molecular complexity index is 1180. The fraction of sp³-hybridized carbons (Fsp3) is 0.348. The number of benzene rings is 2. The molecule has 2 N–H and O–H groups in total. The Morgan fingerprint density at radius 2 is 2.19 bits per heavy atom. The lowest BCUT2D eigenvalue weighted by atomic mass is 9.95. The van der Waals surface area contributed by atoms with Crippen molar-refractivity contribution in [2.75, 3.05) is 19.7 Å². The van der Waals surface area contributed by atoms with E-state index in [1.165, 1.54) is 4.57 Å². The molecular weight excluding hydrogens is 396 g/mol. The van der Waals surface area contributed by atoms with Gasteiger partial charge >= 0.3 is 5.76 Å². The minimum Gasteiger partial charge on any atom is -0.408 e. The van der Waals surface area contributed by atoms with Crippen molar-refractivity contribution in [3.63, 3.8) is 0 Å². The number of hydrogen-bond acceptors (Lipinski definition) is 6. The van der Waals surface area contributed by atoms with Crippen LogP contribution in [0.25, 0.3) is 22.2 Å². The number of amides is 1. The van der Waals surface area contributed by atoms with Crippen LogP contribution in [0.3, 0.4) is 0 Å². The number of fused-ring (bicyclic) bond motifs is 1. The number of aryl methyl sites for hydroxylation is 1. The van der Waals surface area contributed by atoms with Gasteiger partial charge < -0.3 is 19.8 Å². The van der Waals surface area contributed by atoms with Crippen molar-refractivity contribution in [2.24, 2.45) is 7.05 Å². The van der Waals surface area contributed by atoms with Crippen molar-refractivity contribution in [2.45, 2.75) is 25.0 Å². The zero-order valence-corrected chi connectivity index (χ0v) is 17.3. The number of ether oxygens (including phenoxy) is 1. The number of nitriles is 1. The molecule has 0 saturated carbocycles. The molecule has 1 saturated heterocycles. The van der Waals surface area contributed by atoms with Gasteiger partial charge in [0.15, 0.2) is 5.58 Å². The van der Waals surface area contributed by atoms with E-state index in [2.05, 4.69) is 16.7 Å². The van der Waals surface area contributed by atoms with Crippen LogP contribution in [0.15, 0.2) is 51.7 Å². The molecule has 160 valence electrons. The number of nitrogens with zero attached hydrogens (tertiary/aromatic N) is 2. The van der Waals surface area contributed by atoms with Crippen LogP contribution >= 0.6 is 0 Å². The lowest BCUT2D eigenvalue weighted by Gasteiger charge is -2.19. The van der Waals surface area contributed by atoms with E-state index < -0.39 is 17.9 Å². The monoisotopic (exact) mass is 420 g/mol. The average molecular weight is 420 g/mol. The van der Waals surface area contributed by atoms with Gasteiger partial charge in [-0.2, -0.15) is 5.26 Å². The minimum atomic E-state index is -0.692. The number of carbonyl (C=O) groups excluding carboxylic acids is 1. The maximum Gasteiger partial charge on any atom is 0.419 e. The fourth-order valence-corrected chi connectivity index (χ4v) is 3.77. The van der Waals surface area contributed by atoms with E-state index in [1.807, 2.05) is 36.4 Å². The average Bonchev–Trinajstić information content (AvgIpc) is 2.96. The largest absolute Gasteiger partial charge is 0.419 e.